The minimum atomic E-state index is -3.67. The number of carbonyl (C=O) groups is 2. The maximum Gasteiger partial charge on any atom is 0.245 e. The molecule has 138 valence electrons. The normalized spacial score (nSPS) is 10.9. The van der Waals surface area contributed by atoms with Crippen LogP contribution in [0.3, 0.4) is 0 Å². The highest BCUT2D eigenvalue weighted by molar-refractivity contribution is 7.92. The zero-order valence-corrected chi connectivity index (χ0v) is 15.6. The van der Waals surface area contributed by atoms with E-state index in [4.69, 9.17) is 0 Å². The third kappa shape index (κ3) is 5.32. The lowest BCUT2D eigenvalue weighted by atomic mass is 10.2. The van der Waals surface area contributed by atoms with Crippen molar-refractivity contribution in [3.63, 3.8) is 0 Å². The SMILES string of the molecule is CC(=O)Nc1ccc(N(CC(=O)Nc2ccccc2C)S(C)(=O)=O)cc1. The van der Waals surface area contributed by atoms with E-state index in [-0.39, 0.29) is 12.5 Å². The molecule has 0 unspecified atom stereocenters. The molecule has 7 nitrogen and oxygen atoms in total. The molecule has 0 radical (unpaired) electrons. The molecule has 8 heteroatoms. The van der Waals surface area contributed by atoms with Crippen LogP contribution in [-0.4, -0.2) is 33.0 Å². The highest BCUT2D eigenvalue weighted by atomic mass is 32.2. The van der Waals surface area contributed by atoms with E-state index in [9.17, 15) is 18.0 Å². The summed E-state index contributed by atoms with van der Waals surface area (Å²) in [5, 5.41) is 5.32. The number of amides is 2. The summed E-state index contributed by atoms with van der Waals surface area (Å²) in [6.07, 6.45) is 1.04. The molecule has 0 aliphatic rings. The molecule has 2 aromatic rings. The van der Waals surface area contributed by atoms with Gasteiger partial charge in [-0.2, -0.15) is 0 Å². The van der Waals surface area contributed by atoms with Crippen molar-refractivity contribution in [1.82, 2.24) is 0 Å². The predicted molar refractivity (Wildman–Crippen MR) is 103 cm³/mol. The van der Waals surface area contributed by atoms with Crippen LogP contribution in [0.25, 0.3) is 0 Å². The second-order valence-corrected chi connectivity index (χ2v) is 7.77. The Kier molecular flexibility index (Phi) is 5.99. The molecule has 0 atom stereocenters. The standard InChI is InChI=1S/C18H21N3O4S/c1-13-6-4-5-7-17(13)20-18(23)12-21(26(3,24)25)16-10-8-15(9-11-16)19-14(2)22/h4-11H,12H2,1-3H3,(H,19,22)(H,20,23). The largest absolute Gasteiger partial charge is 0.326 e. The van der Waals surface area contributed by atoms with E-state index >= 15 is 0 Å². The highest BCUT2D eigenvalue weighted by Gasteiger charge is 2.21. The first-order valence-corrected chi connectivity index (χ1v) is 9.72. The van der Waals surface area contributed by atoms with Crippen molar-refractivity contribution >= 4 is 38.9 Å². The Bertz CT molecular complexity index is 908. The molecule has 2 rings (SSSR count). The van der Waals surface area contributed by atoms with E-state index in [1.165, 1.54) is 19.1 Å². The lowest BCUT2D eigenvalue weighted by Crippen LogP contribution is -2.37. The van der Waals surface area contributed by atoms with Gasteiger partial charge in [0.15, 0.2) is 0 Å². The van der Waals surface area contributed by atoms with Crippen LogP contribution < -0.4 is 14.9 Å². The number of aryl methyl sites for hydroxylation is 1. The van der Waals surface area contributed by atoms with Gasteiger partial charge in [-0.1, -0.05) is 18.2 Å². The number of para-hydroxylation sites is 1. The molecule has 2 aromatic carbocycles. The van der Waals surface area contributed by atoms with Gasteiger partial charge in [0.1, 0.15) is 6.54 Å². The van der Waals surface area contributed by atoms with Gasteiger partial charge in [-0.05, 0) is 42.8 Å². The lowest BCUT2D eigenvalue weighted by Gasteiger charge is -2.22. The first-order chi connectivity index (χ1) is 12.2. The number of nitrogens with zero attached hydrogens (tertiary/aromatic N) is 1. The highest BCUT2D eigenvalue weighted by Crippen LogP contribution is 2.21. The van der Waals surface area contributed by atoms with Crippen molar-refractivity contribution in [2.45, 2.75) is 13.8 Å². The summed E-state index contributed by atoms with van der Waals surface area (Å²) in [7, 11) is -3.67. The lowest BCUT2D eigenvalue weighted by molar-refractivity contribution is -0.115. The fourth-order valence-corrected chi connectivity index (χ4v) is 3.20. The summed E-state index contributed by atoms with van der Waals surface area (Å²) in [5.41, 5.74) is 2.39. The average Bonchev–Trinajstić information content (AvgIpc) is 2.54. The molecule has 0 aromatic heterocycles. The van der Waals surface area contributed by atoms with Crippen molar-refractivity contribution < 1.29 is 18.0 Å². The van der Waals surface area contributed by atoms with Crippen molar-refractivity contribution in [2.75, 3.05) is 27.7 Å². The molecule has 26 heavy (non-hydrogen) atoms. The van der Waals surface area contributed by atoms with Gasteiger partial charge < -0.3 is 10.6 Å². The van der Waals surface area contributed by atoms with Crippen LogP contribution in [-0.2, 0) is 19.6 Å². The molecule has 2 N–H and O–H groups in total. The number of hydrogen-bond acceptors (Lipinski definition) is 4. The number of hydrogen-bond donors (Lipinski definition) is 2. The van der Waals surface area contributed by atoms with Crippen LogP contribution in [0.15, 0.2) is 48.5 Å². The summed E-state index contributed by atoms with van der Waals surface area (Å²) < 4.78 is 25.3. The van der Waals surface area contributed by atoms with Gasteiger partial charge in [-0.3, -0.25) is 13.9 Å². The monoisotopic (exact) mass is 375 g/mol. The van der Waals surface area contributed by atoms with Crippen LogP contribution in [0, 0.1) is 6.92 Å². The molecule has 0 heterocycles. The molecule has 0 aliphatic carbocycles. The maximum atomic E-state index is 12.3. The van der Waals surface area contributed by atoms with E-state index in [1.807, 2.05) is 19.1 Å². The Morgan fingerprint density at radius 3 is 2.15 bits per heavy atom. The summed E-state index contributed by atoms with van der Waals surface area (Å²) >= 11 is 0. The summed E-state index contributed by atoms with van der Waals surface area (Å²) in [6, 6.07) is 13.5. The number of anilines is 3. The average molecular weight is 375 g/mol. The topological polar surface area (TPSA) is 95.6 Å². The summed E-state index contributed by atoms with van der Waals surface area (Å²) in [5.74, 6) is -0.675. The summed E-state index contributed by atoms with van der Waals surface area (Å²) in [4.78, 5) is 23.4. The van der Waals surface area contributed by atoms with E-state index in [0.717, 1.165) is 16.1 Å². The second kappa shape index (κ2) is 8.01. The van der Waals surface area contributed by atoms with Crippen molar-refractivity contribution in [3.8, 4) is 0 Å². The zero-order valence-electron chi connectivity index (χ0n) is 14.8. The molecule has 0 bridgehead atoms. The Labute approximate surface area is 153 Å². The van der Waals surface area contributed by atoms with Crippen LogP contribution in [0.2, 0.25) is 0 Å². The van der Waals surface area contributed by atoms with Crippen LogP contribution in [0.5, 0.6) is 0 Å². The fraction of sp³-hybridized carbons (Fsp3) is 0.222. The summed E-state index contributed by atoms with van der Waals surface area (Å²) in [6.45, 7) is 2.88. The number of benzene rings is 2. The fourth-order valence-electron chi connectivity index (χ4n) is 2.35. The second-order valence-electron chi connectivity index (χ2n) is 5.86. The van der Waals surface area contributed by atoms with Gasteiger partial charge in [0.05, 0.1) is 11.9 Å². The molecule has 0 aliphatic heterocycles. The minimum Gasteiger partial charge on any atom is -0.326 e. The molecular formula is C18H21N3O4S. The van der Waals surface area contributed by atoms with Crippen molar-refractivity contribution in [3.05, 3.63) is 54.1 Å². The number of carbonyl (C=O) groups excluding carboxylic acids is 2. The van der Waals surface area contributed by atoms with Crippen LogP contribution in [0.1, 0.15) is 12.5 Å². The first-order valence-electron chi connectivity index (χ1n) is 7.87. The quantitative estimate of drug-likeness (QED) is 0.810. The number of sulfonamides is 1. The molecule has 0 saturated carbocycles. The van der Waals surface area contributed by atoms with Gasteiger partial charge >= 0.3 is 0 Å². The maximum absolute atomic E-state index is 12.3. The first kappa shape index (κ1) is 19.5. The Morgan fingerprint density at radius 2 is 1.62 bits per heavy atom. The smallest absolute Gasteiger partial charge is 0.245 e. The van der Waals surface area contributed by atoms with E-state index in [1.54, 1.807) is 24.3 Å². The van der Waals surface area contributed by atoms with Crippen LogP contribution in [0.4, 0.5) is 17.1 Å². The molecular weight excluding hydrogens is 354 g/mol. The van der Waals surface area contributed by atoms with Gasteiger partial charge in [-0.25, -0.2) is 8.42 Å². The minimum absolute atomic E-state index is 0.227. The van der Waals surface area contributed by atoms with Gasteiger partial charge in [0.25, 0.3) is 0 Å². The van der Waals surface area contributed by atoms with Gasteiger partial charge in [-0.15, -0.1) is 0 Å². The number of nitrogens with one attached hydrogen (secondary N) is 2. The molecule has 0 saturated heterocycles. The third-order valence-electron chi connectivity index (χ3n) is 3.58. The van der Waals surface area contributed by atoms with Gasteiger partial charge in [0, 0.05) is 18.3 Å². The number of rotatable bonds is 6. The van der Waals surface area contributed by atoms with Crippen LogP contribution >= 0.6 is 0 Å². The third-order valence-corrected chi connectivity index (χ3v) is 4.72. The van der Waals surface area contributed by atoms with E-state index < -0.39 is 15.9 Å². The van der Waals surface area contributed by atoms with E-state index in [0.29, 0.717) is 17.1 Å². The molecule has 0 spiro atoms. The molecule has 0 fully saturated rings. The Morgan fingerprint density at radius 1 is 1.00 bits per heavy atom. The zero-order chi connectivity index (χ0) is 19.3. The van der Waals surface area contributed by atoms with E-state index in [2.05, 4.69) is 10.6 Å². The van der Waals surface area contributed by atoms with Crippen molar-refractivity contribution in [2.24, 2.45) is 0 Å². The predicted octanol–water partition coefficient (Wildman–Crippen LogP) is 2.36. The Balaban J connectivity index is 2.19. The van der Waals surface area contributed by atoms with Crippen molar-refractivity contribution in [1.29, 1.82) is 0 Å². The molecule has 2 amide bonds. The van der Waals surface area contributed by atoms with Gasteiger partial charge in [0.2, 0.25) is 21.8 Å². The Hall–Kier alpha value is -2.87.